The molecule has 2 rings (SSSR count). The Labute approximate surface area is 66.1 Å². The first-order valence-electron chi connectivity index (χ1n) is 4.11. The molecular formula is C8H13NO2. The molecule has 1 saturated carbocycles. The van der Waals surface area contributed by atoms with Gasteiger partial charge in [-0.05, 0) is 25.7 Å². The lowest BCUT2D eigenvalue weighted by Crippen LogP contribution is -2.51. The predicted octanol–water partition coefficient (Wildman–Crippen LogP) is 0.301. The summed E-state index contributed by atoms with van der Waals surface area (Å²) >= 11 is 0. The van der Waals surface area contributed by atoms with Crippen molar-refractivity contribution in [2.24, 2.45) is 5.92 Å². The molecule has 1 aliphatic carbocycles. The average molecular weight is 155 g/mol. The highest BCUT2D eigenvalue weighted by atomic mass is 16.5. The highest BCUT2D eigenvalue weighted by Crippen LogP contribution is 2.42. The molecule has 11 heavy (non-hydrogen) atoms. The number of morpholine rings is 1. The molecule has 1 unspecified atom stereocenters. The normalized spacial score (nSPS) is 38.5. The van der Waals surface area contributed by atoms with E-state index >= 15 is 0 Å². The minimum Gasteiger partial charge on any atom is -0.363 e. The molecule has 0 aromatic rings. The number of rotatable bonds is 1. The van der Waals surface area contributed by atoms with Crippen molar-refractivity contribution < 1.29 is 9.53 Å². The van der Waals surface area contributed by atoms with Gasteiger partial charge >= 0.3 is 0 Å². The van der Waals surface area contributed by atoms with E-state index in [1.54, 1.807) is 0 Å². The van der Waals surface area contributed by atoms with Crippen LogP contribution >= 0.6 is 0 Å². The standard InChI is InChI=1S/C8H13NO2/c1-8(6-2-3-6)5-9-7(10)4-11-8/h6H,2-5H2,1H3,(H,9,10). The summed E-state index contributed by atoms with van der Waals surface area (Å²) in [5, 5.41) is 2.83. The molecule has 0 radical (unpaired) electrons. The van der Waals surface area contributed by atoms with Gasteiger partial charge in [-0.3, -0.25) is 4.79 Å². The SMILES string of the molecule is CC1(C2CC2)CNC(=O)CO1. The van der Waals surface area contributed by atoms with E-state index in [-0.39, 0.29) is 18.1 Å². The van der Waals surface area contributed by atoms with E-state index in [0.717, 1.165) is 0 Å². The van der Waals surface area contributed by atoms with Crippen molar-refractivity contribution >= 4 is 5.91 Å². The second kappa shape index (κ2) is 2.21. The van der Waals surface area contributed by atoms with Crippen LogP contribution in [0.1, 0.15) is 19.8 Å². The summed E-state index contributed by atoms with van der Waals surface area (Å²) in [5.41, 5.74) is -0.0616. The van der Waals surface area contributed by atoms with Crippen LogP contribution in [-0.4, -0.2) is 24.7 Å². The maximum Gasteiger partial charge on any atom is 0.246 e. The summed E-state index contributed by atoms with van der Waals surface area (Å²) in [7, 11) is 0. The molecule has 1 atom stereocenters. The van der Waals surface area contributed by atoms with Gasteiger partial charge in [0.05, 0.1) is 5.60 Å². The zero-order valence-electron chi connectivity index (χ0n) is 6.72. The van der Waals surface area contributed by atoms with E-state index in [0.29, 0.717) is 12.5 Å². The van der Waals surface area contributed by atoms with Crippen LogP contribution in [0.15, 0.2) is 0 Å². The van der Waals surface area contributed by atoms with Crippen molar-refractivity contribution in [1.82, 2.24) is 5.32 Å². The molecule has 3 nitrogen and oxygen atoms in total. The quantitative estimate of drug-likeness (QED) is 0.591. The van der Waals surface area contributed by atoms with Crippen molar-refractivity contribution in [2.45, 2.75) is 25.4 Å². The van der Waals surface area contributed by atoms with Gasteiger partial charge in [0, 0.05) is 6.54 Å². The molecule has 2 fully saturated rings. The number of amides is 1. The maximum atomic E-state index is 10.8. The van der Waals surface area contributed by atoms with Crippen molar-refractivity contribution in [3.8, 4) is 0 Å². The van der Waals surface area contributed by atoms with Crippen LogP contribution in [0.2, 0.25) is 0 Å². The summed E-state index contributed by atoms with van der Waals surface area (Å²) in [4.78, 5) is 10.8. The summed E-state index contributed by atoms with van der Waals surface area (Å²) in [5.74, 6) is 0.700. The van der Waals surface area contributed by atoms with Crippen LogP contribution < -0.4 is 5.32 Å². The van der Waals surface area contributed by atoms with Crippen molar-refractivity contribution in [3.05, 3.63) is 0 Å². The van der Waals surface area contributed by atoms with Gasteiger partial charge in [0.25, 0.3) is 0 Å². The summed E-state index contributed by atoms with van der Waals surface area (Å²) in [6.07, 6.45) is 2.51. The molecule has 0 aromatic heterocycles. The molecule has 0 bridgehead atoms. The Bertz CT molecular complexity index is 177. The van der Waals surface area contributed by atoms with Gasteiger partial charge in [-0.25, -0.2) is 0 Å². The predicted molar refractivity (Wildman–Crippen MR) is 40.1 cm³/mol. The lowest BCUT2D eigenvalue weighted by atomic mass is 9.99. The molecular weight excluding hydrogens is 142 g/mol. The number of nitrogens with one attached hydrogen (secondary N) is 1. The topological polar surface area (TPSA) is 38.3 Å². The molecule has 2 aliphatic rings. The molecule has 3 heteroatoms. The third-order valence-corrected chi connectivity index (χ3v) is 2.61. The van der Waals surface area contributed by atoms with Gasteiger partial charge < -0.3 is 10.1 Å². The molecule has 0 spiro atoms. The maximum absolute atomic E-state index is 10.8. The highest BCUT2D eigenvalue weighted by molar-refractivity contribution is 5.78. The third kappa shape index (κ3) is 1.25. The molecule has 1 amide bonds. The van der Waals surface area contributed by atoms with Crippen molar-refractivity contribution in [1.29, 1.82) is 0 Å². The van der Waals surface area contributed by atoms with Gasteiger partial charge in [0.1, 0.15) is 6.61 Å². The van der Waals surface area contributed by atoms with Crippen LogP contribution in [0.5, 0.6) is 0 Å². The fourth-order valence-electron chi connectivity index (χ4n) is 1.56. The summed E-state index contributed by atoms with van der Waals surface area (Å²) < 4.78 is 5.49. The first-order chi connectivity index (χ1) is 5.21. The lowest BCUT2D eigenvalue weighted by Gasteiger charge is -2.33. The van der Waals surface area contributed by atoms with Crippen molar-refractivity contribution in [3.63, 3.8) is 0 Å². The Morgan fingerprint density at radius 1 is 1.64 bits per heavy atom. The zero-order valence-corrected chi connectivity index (χ0v) is 6.72. The van der Waals surface area contributed by atoms with Crippen LogP contribution in [0.4, 0.5) is 0 Å². The van der Waals surface area contributed by atoms with Gasteiger partial charge in [-0.15, -0.1) is 0 Å². The number of carbonyl (C=O) groups excluding carboxylic acids is 1. The summed E-state index contributed by atoms with van der Waals surface area (Å²) in [6.45, 7) is 3.02. The Morgan fingerprint density at radius 3 is 2.82 bits per heavy atom. The van der Waals surface area contributed by atoms with Crippen LogP contribution in [0.25, 0.3) is 0 Å². The molecule has 1 saturated heterocycles. The number of carbonyl (C=O) groups is 1. The zero-order chi connectivity index (χ0) is 7.90. The third-order valence-electron chi connectivity index (χ3n) is 2.61. The first-order valence-corrected chi connectivity index (χ1v) is 4.11. The van der Waals surface area contributed by atoms with Crippen LogP contribution in [0, 0.1) is 5.92 Å². The van der Waals surface area contributed by atoms with E-state index in [1.807, 2.05) is 0 Å². The Balaban J connectivity index is 1.98. The van der Waals surface area contributed by atoms with Crippen LogP contribution in [0.3, 0.4) is 0 Å². The van der Waals surface area contributed by atoms with Gasteiger partial charge in [-0.1, -0.05) is 0 Å². The molecule has 62 valence electrons. The van der Waals surface area contributed by atoms with E-state index in [2.05, 4.69) is 12.2 Å². The van der Waals surface area contributed by atoms with Gasteiger partial charge in [0.15, 0.2) is 0 Å². The largest absolute Gasteiger partial charge is 0.363 e. The first kappa shape index (κ1) is 7.10. The lowest BCUT2D eigenvalue weighted by molar-refractivity contribution is -0.144. The van der Waals surface area contributed by atoms with Crippen molar-refractivity contribution in [2.75, 3.05) is 13.2 Å². The fraction of sp³-hybridized carbons (Fsp3) is 0.875. The van der Waals surface area contributed by atoms with Gasteiger partial charge in [-0.2, -0.15) is 0 Å². The second-order valence-electron chi connectivity index (χ2n) is 3.65. The molecule has 1 heterocycles. The van der Waals surface area contributed by atoms with E-state index < -0.39 is 0 Å². The number of hydrogen-bond acceptors (Lipinski definition) is 2. The second-order valence-corrected chi connectivity index (χ2v) is 3.65. The van der Waals surface area contributed by atoms with Gasteiger partial charge in [0.2, 0.25) is 5.91 Å². The van der Waals surface area contributed by atoms with E-state index in [4.69, 9.17) is 4.74 Å². The average Bonchev–Trinajstić information content (AvgIpc) is 2.77. The Hall–Kier alpha value is -0.570. The van der Waals surface area contributed by atoms with E-state index in [9.17, 15) is 4.79 Å². The smallest absolute Gasteiger partial charge is 0.246 e. The molecule has 1 aliphatic heterocycles. The minimum atomic E-state index is -0.0616. The molecule has 1 N–H and O–H groups in total. The number of hydrogen-bond donors (Lipinski definition) is 1. The monoisotopic (exact) mass is 155 g/mol. The highest BCUT2D eigenvalue weighted by Gasteiger charge is 2.44. The Kier molecular flexibility index (Phi) is 1.42. The Morgan fingerprint density at radius 2 is 2.36 bits per heavy atom. The summed E-state index contributed by atoms with van der Waals surface area (Å²) in [6, 6.07) is 0. The van der Waals surface area contributed by atoms with E-state index in [1.165, 1.54) is 12.8 Å². The van der Waals surface area contributed by atoms with Crippen LogP contribution in [-0.2, 0) is 9.53 Å². The number of ether oxygens (including phenoxy) is 1. The minimum absolute atomic E-state index is 0.0168. The molecule has 0 aromatic carbocycles. The fourth-order valence-corrected chi connectivity index (χ4v) is 1.56.